The van der Waals surface area contributed by atoms with Crippen molar-refractivity contribution in [2.75, 3.05) is 13.1 Å². The molecule has 1 saturated carbocycles. The highest BCUT2D eigenvalue weighted by Crippen LogP contribution is 2.37. The van der Waals surface area contributed by atoms with Crippen LogP contribution in [0.2, 0.25) is 0 Å². The molecule has 90 valence electrons. The summed E-state index contributed by atoms with van der Waals surface area (Å²) in [5, 5.41) is 3.53. The number of nitrogens with one attached hydrogen (secondary N) is 1. The minimum Gasteiger partial charge on any atom is -0.317 e. The summed E-state index contributed by atoms with van der Waals surface area (Å²) in [6.45, 7) is 9.30. The topological polar surface area (TPSA) is 12.0 Å². The van der Waals surface area contributed by atoms with Gasteiger partial charge >= 0.3 is 0 Å². The van der Waals surface area contributed by atoms with Gasteiger partial charge in [-0.3, -0.25) is 0 Å². The van der Waals surface area contributed by atoms with Crippen molar-refractivity contribution in [3.8, 4) is 0 Å². The van der Waals surface area contributed by atoms with E-state index in [1.165, 1.54) is 45.1 Å². The lowest BCUT2D eigenvalue weighted by Gasteiger charge is -2.36. The first-order valence-corrected chi connectivity index (χ1v) is 7.02. The lowest BCUT2D eigenvalue weighted by Crippen LogP contribution is -2.32. The van der Waals surface area contributed by atoms with E-state index in [1.807, 2.05) is 0 Å². The molecule has 1 N–H and O–H groups in total. The monoisotopic (exact) mass is 211 g/mol. The maximum atomic E-state index is 3.53. The van der Waals surface area contributed by atoms with Gasteiger partial charge < -0.3 is 5.32 Å². The van der Waals surface area contributed by atoms with Crippen molar-refractivity contribution in [3.63, 3.8) is 0 Å². The van der Waals surface area contributed by atoms with Crippen molar-refractivity contribution in [1.29, 1.82) is 0 Å². The van der Waals surface area contributed by atoms with Crippen molar-refractivity contribution in [1.82, 2.24) is 5.32 Å². The average molecular weight is 211 g/mol. The Labute approximate surface area is 96.0 Å². The molecule has 0 aromatic heterocycles. The van der Waals surface area contributed by atoms with Gasteiger partial charge in [0.05, 0.1) is 0 Å². The molecule has 0 aliphatic heterocycles. The minimum absolute atomic E-state index is 0.961. The zero-order valence-electron chi connectivity index (χ0n) is 10.9. The molecule has 3 unspecified atom stereocenters. The van der Waals surface area contributed by atoms with E-state index in [4.69, 9.17) is 0 Å². The molecule has 1 nitrogen and oxygen atoms in total. The highest BCUT2D eigenvalue weighted by molar-refractivity contribution is 4.80. The Balaban J connectivity index is 2.34. The Hall–Kier alpha value is -0.0400. The molecule has 0 spiro atoms. The van der Waals surface area contributed by atoms with Crippen molar-refractivity contribution in [2.24, 2.45) is 17.8 Å². The normalized spacial score (nSPS) is 31.8. The van der Waals surface area contributed by atoms with E-state index in [0.717, 1.165) is 24.3 Å². The average Bonchev–Trinajstić information content (AvgIpc) is 2.27. The fourth-order valence-electron chi connectivity index (χ4n) is 3.19. The van der Waals surface area contributed by atoms with Gasteiger partial charge in [0.2, 0.25) is 0 Å². The first-order valence-electron chi connectivity index (χ1n) is 7.02. The molecule has 1 rings (SSSR count). The first kappa shape index (κ1) is 13.0. The van der Waals surface area contributed by atoms with Crippen LogP contribution in [-0.2, 0) is 0 Å². The molecule has 15 heavy (non-hydrogen) atoms. The Kier molecular flexibility index (Phi) is 6.31. The lowest BCUT2D eigenvalue weighted by molar-refractivity contribution is 0.164. The second-order valence-electron chi connectivity index (χ2n) is 5.20. The summed E-state index contributed by atoms with van der Waals surface area (Å²) in [6.07, 6.45) is 8.68. The van der Waals surface area contributed by atoms with Gasteiger partial charge in [-0.05, 0) is 43.7 Å². The largest absolute Gasteiger partial charge is 0.317 e. The van der Waals surface area contributed by atoms with E-state index in [9.17, 15) is 0 Å². The minimum atomic E-state index is 0.961. The van der Waals surface area contributed by atoms with Crippen molar-refractivity contribution in [3.05, 3.63) is 0 Å². The predicted octanol–water partition coefficient (Wildman–Crippen LogP) is 3.84. The Morgan fingerprint density at radius 3 is 2.47 bits per heavy atom. The number of hydrogen-bond donors (Lipinski definition) is 1. The Morgan fingerprint density at radius 2 is 1.87 bits per heavy atom. The quantitative estimate of drug-likeness (QED) is 0.704. The van der Waals surface area contributed by atoms with Crippen molar-refractivity contribution in [2.45, 2.75) is 59.3 Å². The molecular weight excluding hydrogens is 182 g/mol. The molecule has 1 aliphatic carbocycles. The van der Waals surface area contributed by atoms with E-state index < -0.39 is 0 Å². The van der Waals surface area contributed by atoms with E-state index in [2.05, 4.69) is 26.1 Å². The van der Waals surface area contributed by atoms with Crippen LogP contribution in [0, 0.1) is 17.8 Å². The van der Waals surface area contributed by atoms with E-state index in [1.54, 1.807) is 0 Å². The van der Waals surface area contributed by atoms with Crippen LogP contribution in [0.25, 0.3) is 0 Å². The van der Waals surface area contributed by atoms with Gasteiger partial charge in [-0.1, -0.05) is 46.5 Å². The zero-order valence-corrected chi connectivity index (χ0v) is 10.9. The third-order valence-electron chi connectivity index (χ3n) is 4.13. The Bertz CT molecular complexity index is 155. The van der Waals surface area contributed by atoms with E-state index in [0.29, 0.717) is 0 Å². The second kappa shape index (κ2) is 7.27. The molecule has 0 radical (unpaired) electrons. The molecule has 3 atom stereocenters. The highest BCUT2D eigenvalue weighted by atomic mass is 14.8. The van der Waals surface area contributed by atoms with Gasteiger partial charge in [0, 0.05) is 0 Å². The van der Waals surface area contributed by atoms with Gasteiger partial charge in [-0.25, -0.2) is 0 Å². The van der Waals surface area contributed by atoms with Crippen LogP contribution in [0.15, 0.2) is 0 Å². The molecule has 0 bridgehead atoms. The van der Waals surface area contributed by atoms with Gasteiger partial charge in [0.25, 0.3) is 0 Å². The van der Waals surface area contributed by atoms with Crippen LogP contribution in [0.4, 0.5) is 0 Å². The summed E-state index contributed by atoms with van der Waals surface area (Å²) < 4.78 is 0. The summed E-state index contributed by atoms with van der Waals surface area (Å²) in [7, 11) is 0. The number of rotatable bonds is 6. The van der Waals surface area contributed by atoms with E-state index >= 15 is 0 Å². The Morgan fingerprint density at radius 1 is 1.07 bits per heavy atom. The first-order chi connectivity index (χ1) is 7.31. The smallest absolute Gasteiger partial charge is 0.00180 e. The van der Waals surface area contributed by atoms with Gasteiger partial charge in [0.15, 0.2) is 0 Å². The lowest BCUT2D eigenvalue weighted by atomic mass is 9.71. The van der Waals surface area contributed by atoms with Crippen LogP contribution in [0.5, 0.6) is 0 Å². The molecular formula is C14H29N. The van der Waals surface area contributed by atoms with Crippen molar-refractivity contribution < 1.29 is 0 Å². The number of hydrogen-bond acceptors (Lipinski definition) is 1. The summed E-state index contributed by atoms with van der Waals surface area (Å²) in [4.78, 5) is 0. The molecule has 1 fully saturated rings. The second-order valence-corrected chi connectivity index (χ2v) is 5.20. The predicted molar refractivity (Wildman–Crippen MR) is 68.1 cm³/mol. The maximum absolute atomic E-state index is 3.53. The summed E-state index contributed by atoms with van der Waals surface area (Å²) in [5.41, 5.74) is 0. The molecule has 1 heteroatoms. The van der Waals surface area contributed by atoms with Gasteiger partial charge in [-0.15, -0.1) is 0 Å². The molecule has 0 amide bonds. The van der Waals surface area contributed by atoms with Crippen LogP contribution in [0.1, 0.15) is 59.3 Å². The van der Waals surface area contributed by atoms with E-state index in [-0.39, 0.29) is 0 Å². The fraction of sp³-hybridized carbons (Fsp3) is 1.00. The summed E-state index contributed by atoms with van der Waals surface area (Å²) >= 11 is 0. The van der Waals surface area contributed by atoms with Crippen LogP contribution in [0.3, 0.4) is 0 Å². The van der Waals surface area contributed by atoms with Crippen LogP contribution < -0.4 is 5.32 Å². The summed E-state index contributed by atoms with van der Waals surface area (Å²) in [5.74, 6) is 3.00. The molecule has 0 heterocycles. The SMILES string of the molecule is CCCC1CCC(CNCC)C(CC)C1. The molecule has 0 aromatic carbocycles. The van der Waals surface area contributed by atoms with Crippen LogP contribution in [-0.4, -0.2) is 13.1 Å². The fourth-order valence-corrected chi connectivity index (χ4v) is 3.19. The highest BCUT2D eigenvalue weighted by Gasteiger charge is 2.28. The van der Waals surface area contributed by atoms with Crippen molar-refractivity contribution >= 4 is 0 Å². The molecule has 0 saturated heterocycles. The third kappa shape index (κ3) is 4.14. The maximum Gasteiger partial charge on any atom is -0.00180 e. The summed E-state index contributed by atoms with van der Waals surface area (Å²) in [6, 6.07) is 0. The standard InChI is InChI=1S/C14H29N/c1-4-7-12-8-9-14(11-15-6-3)13(5-2)10-12/h12-15H,4-11H2,1-3H3. The molecule has 0 aromatic rings. The van der Waals surface area contributed by atoms with Gasteiger partial charge in [0.1, 0.15) is 0 Å². The van der Waals surface area contributed by atoms with Crippen LogP contribution >= 0.6 is 0 Å². The third-order valence-corrected chi connectivity index (χ3v) is 4.13. The molecule has 1 aliphatic rings. The zero-order chi connectivity index (χ0) is 11.1. The van der Waals surface area contributed by atoms with Gasteiger partial charge in [-0.2, -0.15) is 0 Å².